The molecule has 0 spiro atoms. The molecule has 0 unspecified atom stereocenters. The van der Waals surface area contributed by atoms with Crippen LogP contribution in [0.15, 0.2) is 42.1 Å². The van der Waals surface area contributed by atoms with Gasteiger partial charge < -0.3 is 10.1 Å². The van der Waals surface area contributed by atoms with Crippen LogP contribution < -0.4 is 5.32 Å². The van der Waals surface area contributed by atoms with Gasteiger partial charge in [0.05, 0.1) is 18.7 Å². The molecule has 146 valence electrons. The SMILES string of the molecule is COCCN1C(=O)C(Nc2cccc(C)c2C)=C(c2ccc(C)c(C)c2)C1=O. The third kappa shape index (κ3) is 3.58. The molecule has 2 aromatic carbocycles. The third-order valence-electron chi connectivity index (χ3n) is 5.35. The van der Waals surface area contributed by atoms with Crippen molar-refractivity contribution in [3.05, 3.63) is 69.9 Å². The van der Waals surface area contributed by atoms with Crippen LogP contribution in [0.25, 0.3) is 5.57 Å². The number of aryl methyl sites for hydroxylation is 3. The Kier molecular flexibility index (Phi) is 5.66. The number of amides is 2. The van der Waals surface area contributed by atoms with Crippen molar-refractivity contribution < 1.29 is 14.3 Å². The predicted molar refractivity (Wildman–Crippen MR) is 111 cm³/mol. The number of hydrogen-bond donors (Lipinski definition) is 1. The van der Waals surface area contributed by atoms with E-state index in [1.807, 2.05) is 64.1 Å². The van der Waals surface area contributed by atoms with E-state index in [9.17, 15) is 9.59 Å². The Morgan fingerprint density at radius 1 is 0.929 bits per heavy atom. The summed E-state index contributed by atoms with van der Waals surface area (Å²) in [6, 6.07) is 11.7. The van der Waals surface area contributed by atoms with Gasteiger partial charge in [0.25, 0.3) is 11.8 Å². The zero-order chi connectivity index (χ0) is 20.4. The number of hydrogen-bond acceptors (Lipinski definition) is 4. The summed E-state index contributed by atoms with van der Waals surface area (Å²) in [5.74, 6) is -0.616. The molecule has 0 aliphatic carbocycles. The van der Waals surface area contributed by atoms with Crippen LogP contribution in [-0.4, -0.2) is 37.0 Å². The van der Waals surface area contributed by atoms with Crippen molar-refractivity contribution in [3.63, 3.8) is 0 Å². The summed E-state index contributed by atoms with van der Waals surface area (Å²) in [4.78, 5) is 27.5. The first-order valence-corrected chi connectivity index (χ1v) is 9.35. The lowest BCUT2D eigenvalue weighted by atomic mass is 9.99. The highest BCUT2D eigenvalue weighted by molar-refractivity contribution is 6.36. The molecule has 3 rings (SSSR count). The summed E-state index contributed by atoms with van der Waals surface area (Å²) in [5, 5.41) is 3.25. The van der Waals surface area contributed by atoms with Gasteiger partial charge in [-0.15, -0.1) is 0 Å². The molecule has 0 fully saturated rings. The fraction of sp³-hybridized carbons (Fsp3) is 0.304. The average molecular weight is 378 g/mol. The Balaban J connectivity index is 2.11. The maximum atomic E-state index is 13.1. The highest BCUT2D eigenvalue weighted by Gasteiger charge is 2.39. The van der Waals surface area contributed by atoms with Crippen molar-refractivity contribution >= 4 is 23.1 Å². The molecule has 2 amide bonds. The molecule has 1 aliphatic heterocycles. The molecule has 1 aliphatic rings. The van der Waals surface area contributed by atoms with Gasteiger partial charge in [0.15, 0.2) is 0 Å². The minimum atomic E-state index is -0.323. The van der Waals surface area contributed by atoms with E-state index in [0.717, 1.165) is 33.5 Å². The van der Waals surface area contributed by atoms with Crippen LogP contribution in [0.3, 0.4) is 0 Å². The van der Waals surface area contributed by atoms with Gasteiger partial charge in [-0.05, 0) is 61.6 Å². The second-order valence-electron chi connectivity index (χ2n) is 7.18. The zero-order valence-corrected chi connectivity index (χ0v) is 17.1. The molecule has 2 aromatic rings. The predicted octanol–water partition coefficient (Wildman–Crippen LogP) is 3.76. The second-order valence-corrected chi connectivity index (χ2v) is 7.18. The molecule has 0 radical (unpaired) electrons. The van der Waals surface area contributed by atoms with E-state index in [0.29, 0.717) is 17.9 Å². The first-order chi connectivity index (χ1) is 13.3. The van der Waals surface area contributed by atoms with E-state index < -0.39 is 0 Å². The Morgan fingerprint density at radius 2 is 1.68 bits per heavy atom. The molecule has 5 heteroatoms. The molecule has 0 saturated heterocycles. The van der Waals surface area contributed by atoms with Gasteiger partial charge in [0, 0.05) is 12.8 Å². The highest BCUT2D eigenvalue weighted by atomic mass is 16.5. The Labute approximate surface area is 166 Å². The van der Waals surface area contributed by atoms with Crippen LogP contribution >= 0.6 is 0 Å². The van der Waals surface area contributed by atoms with Crippen LogP contribution in [0.5, 0.6) is 0 Å². The van der Waals surface area contributed by atoms with Gasteiger partial charge in [-0.2, -0.15) is 0 Å². The van der Waals surface area contributed by atoms with Crippen LogP contribution in [0.1, 0.15) is 27.8 Å². The van der Waals surface area contributed by atoms with E-state index >= 15 is 0 Å². The summed E-state index contributed by atoms with van der Waals surface area (Å²) in [5.41, 5.74) is 6.67. The topological polar surface area (TPSA) is 58.6 Å². The largest absolute Gasteiger partial charge is 0.383 e. The van der Waals surface area contributed by atoms with E-state index in [4.69, 9.17) is 4.74 Å². The molecule has 0 aromatic heterocycles. The van der Waals surface area contributed by atoms with Gasteiger partial charge in [-0.1, -0.05) is 30.3 Å². The maximum Gasteiger partial charge on any atom is 0.278 e. The number of benzene rings is 2. The minimum Gasteiger partial charge on any atom is -0.383 e. The number of nitrogens with zero attached hydrogens (tertiary/aromatic N) is 1. The number of rotatable bonds is 6. The molecule has 1 heterocycles. The van der Waals surface area contributed by atoms with Crippen molar-refractivity contribution in [1.82, 2.24) is 4.90 Å². The molecule has 0 saturated carbocycles. The lowest BCUT2D eigenvalue weighted by Crippen LogP contribution is -2.35. The number of imide groups is 1. The maximum absolute atomic E-state index is 13.1. The fourth-order valence-corrected chi connectivity index (χ4v) is 3.26. The fourth-order valence-electron chi connectivity index (χ4n) is 3.26. The minimum absolute atomic E-state index is 0.223. The number of methoxy groups -OCH3 is 1. The average Bonchev–Trinajstić information content (AvgIpc) is 2.89. The Hall–Kier alpha value is -2.92. The number of anilines is 1. The molecule has 1 N–H and O–H groups in total. The van der Waals surface area contributed by atoms with Crippen LogP contribution in [0.4, 0.5) is 5.69 Å². The van der Waals surface area contributed by atoms with Crippen molar-refractivity contribution in [2.24, 2.45) is 0 Å². The van der Waals surface area contributed by atoms with Crippen molar-refractivity contribution in [2.45, 2.75) is 27.7 Å². The number of carbonyl (C=O) groups is 2. The molecule has 0 atom stereocenters. The Morgan fingerprint density at radius 3 is 2.36 bits per heavy atom. The standard InChI is InChI=1S/C23H26N2O3/c1-14-9-10-18(13-16(14)3)20-21(23(27)25(22(20)26)11-12-28-5)24-19-8-6-7-15(2)17(19)4/h6-10,13,24H,11-12H2,1-5H3. The third-order valence-corrected chi connectivity index (χ3v) is 5.35. The number of nitrogens with one attached hydrogen (secondary N) is 1. The second kappa shape index (κ2) is 7.98. The first kappa shape index (κ1) is 19.8. The lowest BCUT2D eigenvalue weighted by molar-refractivity contribution is -0.137. The lowest BCUT2D eigenvalue weighted by Gasteiger charge is -2.15. The van der Waals surface area contributed by atoms with Crippen molar-refractivity contribution in [3.8, 4) is 0 Å². The Bertz CT molecular complexity index is 976. The quantitative estimate of drug-likeness (QED) is 0.778. The van der Waals surface area contributed by atoms with E-state index in [1.165, 1.54) is 4.90 Å². The number of carbonyl (C=O) groups excluding carboxylic acids is 2. The zero-order valence-electron chi connectivity index (χ0n) is 17.1. The normalized spacial score (nSPS) is 14.2. The van der Waals surface area contributed by atoms with Gasteiger partial charge in [0.2, 0.25) is 0 Å². The van der Waals surface area contributed by atoms with Gasteiger partial charge in [-0.25, -0.2) is 0 Å². The highest BCUT2D eigenvalue weighted by Crippen LogP contribution is 2.32. The summed E-state index contributed by atoms with van der Waals surface area (Å²) in [7, 11) is 1.55. The van der Waals surface area contributed by atoms with Crippen molar-refractivity contribution in [1.29, 1.82) is 0 Å². The summed E-state index contributed by atoms with van der Waals surface area (Å²) >= 11 is 0. The molecule has 5 nitrogen and oxygen atoms in total. The number of ether oxygens (including phenoxy) is 1. The first-order valence-electron chi connectivity index (χ1n) is 9.35. The van der Waals surface area contributed by atoms with Crippen LogP contribution in [-0.2, 0) is 14.3 Å². The van der Waals surface area contributed by atoms with E-state index in [1.54, 1.807) is 7.11 Å². The van der Waals surface area contributed by atoms with Crippen LogP contribution in [0.2, 0.25) is 0 Å². The smallest absolute Gasteiger partial charge is 0.278 e. The molecular formula is C23H26N2O3. The van der Waals surface area contributed by atoms with Gasteiger partial charge >= 0.3 is 0 Å². The molecule has 28 heavy (non-hydrogen) atoms. The molecule has 0 bridgehead atoms. The summed E-state index contributed by atoms with van der Waals surface area (Å²) in [6.07, 6.45) is 0. The molecular weight excluding hydrogens is 352 g/mol. The monoisotopic (exact) mass is 378 g/mol. The summed E-state index contributed by atoms with van der Waals surface area (Å²) in [6.45, 7) is 8.56. The van der Waals surface area contributed by atoms with Crippen LogP contribution in [0, 0.1) is 27.7 Å². The van der Waals surface area contributed by atoms with E-state index in [-0.39, 0.29) is 18.4 Å². The van der Waals surface area contributed by atoms with E-state index in [2.05, 4.69) is 5.32 Å². The van der Waals surface area contributed by atoms with Gasteiger partial charge in [-0.3, -0.25) is 14.5 Å². The summed E-state index contributed by atoms with van der Waals surface area (Å²) < 4.78 is 5.08. The van der Waals surface area contributed by atoms with Gasteiger partial charge in [0.1, 0.15) is 5.70 Å². The van der Waals surface area contributed by atoms with Crippen molar-refractivity contribution in [2.75, 3.05) is 25.6 Å².